The standard InChI is InChI=1S/C22H26N2O4S2/c1-28-17-6-8-18(9-7-17)30(26,27)24-13-10-16(11-14-24)22(25)23-20-12-15-29-21-5-3-2-4-19(20)21/h2-9,16,20H,10-15H2,1H3,(H,23,25)/t20-/m0/s1. The number of carbonyl (C=O) groups excluding carboxylic acids is 1. The molecule has 0 aliphatic carbocycles. The highest BCUT2D eigenvalue weighted by Gasteiger charge is 2.33. The van der Waals surface area contributed by atoms with Crippen LogP contribution >= 0.6 is 11.8 Å². The van der Waals surface area contributed by atoms with Crippen LogP contribution < -0.4 is 10.1 Å². The molecule has 0 bridgehead atoms. The predicted molar refractivity (Wildman–Crippen MR) is 117 cm³/mol. The van der Waals surface area contributed by atoms with Crippen molar-refractivity contribution in [3.63, 3.8) is 0 Å². The molecule has 0 radical (unpaired) electrons. The summed E-state index contributed by atoms with van der Waals surface area (Å²) in [5.74, 6) is 1.48. The monoisotopic (exact) mass is 446 g/mol. The number of piperidine rings is 1. The summed E-state index contributed by atoms with van der Waals surface area (Å²) in [4.78, 5) is 14.4. The van der Waals surface area contributed by atoms with E-state index in [9.17, 15) is 13.2 Å². The lowest BCUT2D eigenvalue weighted by atomic mass is 9.95. The minimum atomic E-state index is -3.56. The molecule has 1 fully saturated rings. The first-order chi connectivity index (χ1) is 14.5. The lowest BCUT2D eigenvalue weighted by molar-refractivity contribution is -0.126. The van der Waals surface area contributed by atoms with Gasteiger partial charge in [-0.15, -0.1) is 11.8 Å². The lowest BCUT2D eigenvalue weighted by Crippen LogP contribution is -2.44. The summed E-state index contributed by atoms with van der Waals surface area (Å²) in [5, 5.41) is 3.21. The molecule has 1 saturated heterocycles. The van der Waals surface area contributed by atoms with Crippen molar-refractivity contribution in [2.75, 3.05) is 26.0 Å². The number of sulfonamides is 1. The molecule has 160 valence electrons. The number of hydrogen-bond acceptors (Lipinski definition) is 5. The van der Waals surface area contributed by atoms with Crippen LogP contribution in [0.5, 0.6) is 5.75 Å². The molecule has 2 heterocycles. The quantitative estimate of drug-likeness (QED) is 0.761. The number of nitrogens with zero attached hydrogens (tertiary/aromatic N) is 1. The maximum absolute atomic E-state index is 12.9. The maximum atomic E-state index is 12.9. The number of rotatable bonds is 5. The Hall–Kier alpha value is -2.03. The Labute approximate surface area is 182 Å². The van der Waals surface area contributed by atoms with Crippen LogP contribution in [0.2, 0.25) is 0 Å². The number of amides is 1. The van der Waals surface area contributed by atoms with Gasteiger partial charge in [-0.05, 0) is 55.2 Å². The second kappa shape index (κ2) is 8.99. The second-order valence-corrected chi connectivity index (χ2v) is 10.7. The van der Waals surface area contributed by atoms with Crippen LogP contribution in [0.25, 0.3) is 0 Å². The predicted octanol–water partition coefficient (Wildman–Crippen LogP) is 3.45. The number of nitrogens with one attached hydrogen (secondary N) is 1. The normalized spacial score (nSPS) is 20.4. The van der Waals surface area contributed by atoms with Gasteiger partial charge in [-0.2, -0.15) is 4.31 Å². The van der Waals surface area contributed by atoms with E-state index in [1.807, 2.05) is 23.9 Å². The van der Waals surface area contributed by atoms with Crippen LogP contribution in [0.4, 0.5) is 0 Å². The van der Waals surface area contributed by atoms with Crippen molar-refractivity contribution < 1.29 is 17.9 Å². The summed E-state index contributed by atoms with van der Waals surface area (Å²) >= 11 is 1.83. The van der Waals surface area contributed by atoms with Gasteiger partial charge in [0.05, 0.1) is 18.0 Å². The van der Waals surface area contributed by atoms with Crippen LogP contribution in [-0.4, -0.2) is 44.6 Å². The number of thioether (sulfide) groups is 1. The van der Waals surface area contributed by atoms with Gasteiger partial charge in [0.1, 0.15) is 5.75 Å². The van der Waals surface area contributed by atoms with Crippen LogP contribution in [0, 0.1) is 5.92 Å². The molecule has 4 rings (SSSR count). The van der Waals surface area contributed by atoms with Crippen molar-refractivity contribution in [2.45, 2.75) is 35.1 Å². The van der Waals surface area contributed by atoms with Gasteiger partial charge >= 0.3 is 0 Å². The number of methoxy groups -OCH3 is 1. The zero-order chi connectivity index (χ0) is 21.1. The van der Waals surface area contributed by atoms with E-state index in [-0.39, 0.29) is 22.8 Å². The summed E-state index contributed by atoms with van der Waals surface area (Å²) < 4.78 is 32.4. The number of benzene rings is 2. The number of fused-ring (bicyclic) bond motifs is 1. The van der Waals surface area contributed by atoms with Crippen molar-refractivity contribution in [3.8, 4) is 5.75 Å². The third-order valence-electron chi connectivity index (χ3n) is 5.80. The SMILES string of the molecule is COc1ccc(S(=O)(=O)N2CCC(C(=O)N[C@H]3CCSc4ccccc43)CC2)cc1. The van der Waals surface area contributed by atoms with Crippen molar-refractivity contribution >= 4 is 27.7 Å². The molecule has 2 aromatic carbocycles. The molecule has 0 aromatic heterocycles. The van der Waals surface area contributed by atoms with E-state index in [1.54, 1.807) is 31.4 Å². The largest absolute Gasteiger partial charge is 0.497 e. The maximum Gasteiger partial charge on any atom is 0.243 e. The van der Waals surface area contributed by atoms with Gasteiger partial charge in [-0.1, -0.05) is 18.2 Å². The van der Waals surface area contributed by atoms with E-state index < -0.39 is 10.0 Å². The van der Waals surface area contributed by atoms with Gasteiger partial charge in [0, 0.05) is 29.7 Å². The third-order valence-corrected chi connectivity index (χ3v) is 8.83. The Balaban J connectivity index is 1.37. The average Bonchev–Trinajstić information content (AvgIpc) is 2.79. The van der Waals surface area contributed by atoms with Crippen molar-refractivity contribution in [1.29, 1.82) is 0 Å². The first-order valence-corrected chi connectivity index (χ1v) is 12.6. The summed E-state index contributed by atoms with van der Waals surface area (Å²) in [6.45, 7) is 0.701. The average molecular weight is 447 g/mol. The molecular weight excluding hydrogens is 420 g/mol. The number of ether oxygens (including phenoxy) is 1. The molecular formula is C22H26N2O4S2. The molecule has 1 amide bonds. The fourth-order valence-electron chi connectivity index (χ4n) is 4.04. The Kier molecular flexibility index (Phi) is 6.36. The van der Waals surface area contributed by atoms with E-state index in [4.69, 9.17) is 4.74 Å². The van der Waals surface area contributed by atoms with Gasteiger partial charge in [0.25, 0.3) is 0 Å². The number of hydrogen-bond donors (Lipinski definition) is 1. The van der Waals surface area contributed by atoms with Gasteiger partial charge < -0.3 is 10.1 Å². The molecule has 0 saturated carbocycles. The van der Waals surface area contributed by atoms with Crippen molar-refractivity contribution in [1.82, 2.24) is 9.62 Å². The van der Waals surface area contributed by atoms with Gasteiger partial charge in [-0.25, -0.2) is 8.42 Å². The van der Waals surface area contributed by atoms with Crippen molar-refractivity contribution in [3.05, 3.63) is 54.1 Å². The van der Waals surface area contributed by atoms with Gasteiger partial charge in [-0.3, -0.25) is 4.79 Å². The fraction of sp³-hybridized carbons (Fsp3) is 0.409. The highest BCUT2D eigenvalue weighted by molar-refractivity contribution is 7.99. The van der Waals surface area contributed by atoms with Crippen LogP contribution in [0.3, 0.4) is 0 Å². The zero-order valence-corrected chi connectivity index (χ0v) is 18.5. The minimum absolute atomic E-state index is 0.0307. The first kappa shape index (κ1) is 21.2. The van der Waals surface area contributed by atoms with E-state index in [2.05, 4.69) is 17.4 Å². The summed E-state index contributed by atoms with van der Waals surface area (Å²) in [6.07, 6.45) is 1.98. The van der Waals surface area contributed by atoms with E-state index in [0.717, 1.165) is 12.2 Å². The molecule has 1 N–H and O–H groups in total. The molecule has 8 heteroatoms. The van der Waals surface area contributed by atoms with E-state index in [0.29, 0.717) is 31.7 Å². The van der Waals surface area contributed by atoms with Gasteiger partial charge in [0.15, 0.2) is 0 Å². The van der Waals surface area contributed by atoms with Crippen LogP contribution in [0.15, 0.2) is 58.3 Å². The Bertz CT molecular complexity index is 1000. The highest BCUT2D eigenvalue weighted by atomic mass is 32.2. The molecule has 2 aromatic rings. The first-order valence-electron chi connectivity index (χ1n) is 10.2. The molecule has 1 atom stereocenters. The van der Waals surface area contributed by atoms with E-state index in [1.165, 1.54) is 14.8 Å². The smallest absolute Gasteiger partial charge is 0.243 e. The Morgan fingerprint density at radius 3 is 2.47 bits per heavy atom. The molecule has 6 nitrogen and oxygen atoms in total. The Morgan fingerprint density at radius 2 is 1.77 bits per heavy atom. The summed E-state index contributed by atoms with van der Waals surface area (Å²) in [5.41, 5.74) is 1.18. The minimum Gasteiger partial charge on any atom is -0.497 e. The summed E-state index contributed by atoms with van der Waals surface area (Å²) in [6, 6.07) is 14.7. The number of carbonyl (C=O) groups is 1. The Morgan fingerprint density at radius 1 is 1.07 bits per heavy atom. The van der Waals surface area contributed by atoms with Gasteiger partial charge in [0.2, 0.25) is 15.9 Å². The van der Waals surface area contributed by atoms with Crippen molar-refractivity contribution in [2.24, 2.45) is 5.92 Å². The second-order valence-electron chi connectivity index (χ2n) is 7.59. The summed E-state index contributed by atoms with van der Waals surface area (Å²) in [7, 11) is -2.01. The fourth-order valence-corrected chi connectivity index (χ4v) is 6.63. The lowest BCUT2D eigenvalue weighted by Gasteiger charge is -2.32. The zero-order valence-electron chi connectivity index (χ0n) is 16.9. The highest BCUT2D eigenvalue weighted by Crippen LogP contribution is 2.36. The molecule has 0 spiro atoms. The molecule has 30 heavy (non-hydrogen) atoms. The molecule has 0 unspecified atom stereocenters. The van der Waals surface area contributed by atoms with Crippen LogP contribution in [-0.2, 0) is 14.8 Å². The van der Waals surface area contributed by atoms with Crippen LogP contribution in [0.1, 0.15) is 30.9 Å². The third kappa shape index (κ3) is 4.36. The topological polar surface area (TPSA) is 75.7 Å². The van der Waals surface area contributed by atoms with E-state index >= 15 is 0 Å². The molecule has 2 aliphatic heterocycles. The molecule has 2 aliphatic rings.